The molecular weight excluding hydrogens is 210 g/mol. The fraction of sp³-hybridized carbons (Fsp3) is 0.467. The first-order valence-corrected chi connectivity index (χ1v) is 6.22. The first-order chi connectivity index (χ1) is 8.00. The standard InChI is InChI=1S/C15H21NO/c1-9(2)16-8-13-12(5)14-10(3)6-7-11(4)15(14)17-13/h6-7,9,16H,8H2,1-5H3. The van der Waals surface area contributed by atoms with Gasteiger partial charge in [-0.25, -0.2) is 0 Å². The molecule has 0 aliphatic carbocycles. The first kappa shape index (κ1) is 12.2. The molecule has 0 bridgehead atoms. The molecule has 2 rings (SSSR count). The van der Waals surface area contributed by atoms with Gasteiger partial charge in [0.1, 0.15) is 11.3 Å². The first-order valence-electron chi connectivity index (χ1n) is 6.22. The van der Waals surface area contributed by atoms with Crippen LogP contribution in [0.15, 0.2) is 16.5 Å². The van der Waals surface area contributed by atoms with Crippen molar-refractivity contribution in [2.45, 2.75) is 47.2 Å². The van der Waals surface area contributed by atoms with E-state index in [1.807, 2.05) is 0 Å². The largest absolute Gasteiger partial charge is 0.459 e. The van der Waals surface area contributed by atoms with Gasteiger partial charge >= 0.3 is 0 Å². The van der Waals surface area contributed by atoms with Crippen molar-refractivity contribution in [3.05, 3.63) is 34.6 Å². The number of nitrogens with one attached hydrogen (secondary N) is 1. The minimum absolute atomic E-state index is 0.477. The monoisotopic (exact) mass is 231 g/mol. The van der Waals surface area contributed by atoms with E-state index < -0.39 is 0 Å². The summed E-state index contributed by atoms with van der Waals surface area (Å²) in [5.74, 6) is 1.06. The summed E-state index contributed by atoms with van der Waals surface area (Å²) in [6.45, 7) is 11.5. The Hall–Kier alpha value is -1.28. The number of hydrogen-bond donors (Lipinski definition) is 1. The van der Waals surface area contributed by atoms with Crippen molar-refractivity contribution in [1.82, 2.24) is 5.32 Å². The predicted molar refractivity (Wildman–Crippen MR) is 72.4 cm³/mol. The molecular formula is C15H21NO. The van der Waals surface area contributed by atoms with E-state index in [-0.39, 0.29) is 0 Å². The maximum Gasteiger partial charge on any atom is 0.137 e. The molecule has 0 fully saturated rings. The normalized spacial score (nSPS) is 11.6. The summed E-state index contributed by atoms with van der Waals surface area (Å²) in [7, 11) is 0. The van der Waals surface area contributed by atoms with Crippen LogP contribution in [0.2, 0.25) is 0 Å². The maximum absolute atomic E-state index is 6.00. The minimum atomic E-state index is 0.477. The summed E-state index contributed by atoms with van der Waals surface area (Å²) < 4.78 is 6.00. The number of aryl methyl sites for hydroxylation is 3. The zero-order valence-electron chi connectivity index (χ0n) is 11.3. The molecule has 2 aromatic rings. The lowest BCUT2D eigenvalue weighted by atomic mass is 10.0. The minimum Gasteiger partial charge on any atom is -0.459 e. The fourth-order valence-electron chi connectivity index (χ4n) is 2.19. The van der Waals surface area contributed by atoms with Gasteiger partial charge in [0.25, 0.3) is 0 Å². The molecule has 92 valence electrons. The number of hydrogen-bond acceptors (Lipinski definition) is 2. The van der Waals surface area contributed by atoms with Crippen molar-refractivity contribution in [3.63, 3.8) is 0 Å². The number of furan rings is 1. The summed E-state index contributed by atoms with van der Waals surface area (Å²) >= 11 is 0. The number of rotatable bonds is 3. The second-order valence-corrected chi connectivity index (χ2v) is 5.09. The van der Waals surface area contributed by atoms with E-state index in [0.29, 0.717) is 6.04 Å². The molecule has 2 nitrogen and oxygen atoms in total. The molecule has 0 saturated heterocycles. The van der Waals surface area contributed by atoms with E-state index in [0.717, 1.165) is 17.9 Å². The zero-order valence-corrected chi connectivity index (χ0v) is 11.3. The average molecular weight is 231 g/mol. The van der Waals surface area contributed by atoms with E-state index in [2.05, 4.69) is 52.1 Å². The van der Waals surface area contributed by atoms with Gasteiger partial charge in [0.15, 0.2) is 0 Å². The van der Waals surface area contributed by atoms with Crippen LogP contribution in [0, 0.1) is 20.8 Å². The van der Waals surface area contributed by atoms with Crippen LogP contribution in [0.25, 0.3) is 11.0 Å². The highest BCUT2D eigenvalue weighted by molar-refractivity contribution is 5.87. The Morgan fingerprint density at radius 3 is 2.35 bits per heavy atom. The van der Waals surface area contributed by atoms with Crippen LogP contribution in [-0.4, -0.2) is 6.04 Å². The van der Waals surface area contributed by atoms with Crippen LogP contribution in [0.4, 0.5) is 0 Å². The smallest absolute Gasteiger partial charge is 0.137 e. The molecule has 1 aromatic heterocycles. The van der Waals surface area contributed by atoms with Crippen molar-refractivity contribution in [1.29, 1.82) is 0 Å². The third-order valence-electron chi connectivity index (χ3n) is 3.25. The third kappa shape index (κ3) is 2.22. The van der Waals surface area contributed by atoms with Crippen LogP contribution in [0.1, 0.15) is 36.3 Å². The van der Waals surface area contributed by atoms with Crippen molar-refractivity contribution in [3.8, 4) is 0 Å². The van der Waals surface area contributed by atoms with Gasteiger partial charge in [-0.3, -0.25) is 0 Å². The van der Waals surface area contributed by atoms with E-state index in [1.54, 1.807) is 0 Å². The van der Waals surface area contributed by atoms with Crippen LogP contribution in [0.3, 0.4) is 0 Å². The van der Waals surface area contributed by atoms with Crippen molar-refractivity contribution >= 4 is 11.0 Å². The molecule has 0 unspecified atom stereocenters. The quantitative estimate of drug-likeness (QED) is 0.867. The summed E-state index contributed by atoms with van der Waals surface area (Å²) in [5, 5.41) is 4.69. The Bertz CT molecular complexity index is 537. The molecule has 0 spiro atoms. The zero-order chi connectivity index (χ0) is 12.6. The van der Waals surface area contributed by atoms with Crippen molar-refractivity contribution < 1.29 is 4.42 Å². The lowest BCUT2D eigenvalue weighted by Crippen LogP contribution is -2.21. The fourth-order valence-corrected chi connectivity index (χ4v) is 2.19. The third-order valence-corrected chi connectivity index (χ3v) is 3.25. The lowest BCUT2D eigenvalue weighted by molar-refractivity contribution is 0.484. The van der Waals surface area contributed by atoms with Gasteiger partial charge in [0, 0.05) is 11.4 Å². The average Bonchev–Trinajstić information content (AvgIpc) is 2.60. The van der Waals surface area contributed by atoms with Crippen LogP contribution in [-0.2, 0) is 6.54 Å². The summed E-state index contributed by atoms with van der Waals surface area (Å²) in [6.07, 6.45) is 0. The van der Waals surface area contributed by atoms with Crippen molar-refractivity contribution in [2.75, 3.05) is 0 Å². The van der Waals surface area contributed by atoms with E-state index in [9.17, 15) is 0 Å². The molecule has 0 aliphatic heterocycles. The molecule has 1 aromatic carbocycles. The molecule has 2 heteroatoms. The van der Waals surface area contributed by atoms with Gasteiger partial charge in [-0.05, 0) is 37.5 Å². The summed E-state index contributed by atoms with van der Waals surface area (Å²) in [6, 6.07) is 4.77. The Kier molecular flexibility index (Phi) is 3.25. The van der Waals surface area contributed by atoms with Gasteiger partial charge in [0.2, 0.25) is 0 Å². The Morgan fingerprint density at radius 1 is 1.12 bits per heavy atom. The highest BCUT2D eigenvalue weighted by Gasteiger charge is 2.13. The number of fused-ring (bicyclic) bond motifs is 1. The van der Waals surface area contributed by atoms with Crippen LogP contribution >= 0.6 is 0 Å². The SMILES string of the molecule is Cc1ccc(C)c2c(C)c(CNC(C)C)oc12. The molecule has 1 N–H and O–H groups in total. The number of benzene rings is 1. The van der Waals surface area contributed by atoms with E-state index in [4.69, 9.17) is 4.42 Å². The molecule has 17 heavy (non-hydrogen) atoms. The van der Waals surface area contributed by atoms with Gasteiger partial charge in [-0.2, -0.15) is 0 Å². The van der Waals surface area contributed by atoms with Crippen LogP contribution < -0.4 is 5.32 Å². The Labute approximate surface area is 103 Å². The summed E-state index contributed by atoms with van der Waals surface area (Å²) in [4.78, 5) is 0. The van der Waals surface area contributed by atoms with E-state index >= 15 is 0 Å². The molecule has 1 heterocycles. The second-order valence-electron chi connectivity index (χ2n) is 5.09. The highest BCUT2D eigenvalue weighted by atomic mass is 16.3. The topological polar surface area (TPSA) is 25.2 Å². The molecule has 0 radical (unpaired) electrons. The molecule has 0 atom stereocenters. The summed E-state index contributed by atoms with van der Waals surface area (Å²) in [5.41, 5.74) is 4.82. The molecule has 0 saturated carbocycles. The van der Waals surface area contributed by atoms with E-state index in [1.165, 1.54) is 22.1 Å². The maximum atomic E-state index is 6.00. The molecule has 0 aliphatic rings. The lowest BCUT2D eigenvalue weighted by Gasteiger charge is -2.05. The Morgan fingerprint density at radius 2 is 1.76 bits per heavy atom. The van der Waals surface area contributed by atoms with Gasteiger partial charge in [-0.15, -0.1) is 0 Å². The predicted octanol–water partition coefficient (Wildman–Crippen LogP) is 3.86. The van der Waals surface area contributed by atoms with Gasteiger partial charge in [0.05, 0.1) is 6.54 Å². The molecule has 0 amide bonds. The van der Waals surface area contributed by atoms with Gasteiger partial charge < -0.3 is 9.73 Å². The Balaban J connectivity index is 2.49. The van der Waals surface area contributed by atoms with Gasteiger partial charge in [-0.1, -0.05) is 26.0 Å². The highest BCUT2D eigenvalue weighted by Crippen LogP contribution is 2.30. The van der Waals surface area contributed by atoms with Crippen molar-refractivity contribution in [2.24, 2.45) is 0 Å². The second kappa shape index (κ2) is 4.53. The van der Waals surface area contributed by atoms with Crippen LogP contribution in [0.5, 0.6) is 0 Å².